The van der Waals surface area contributed by atoms with E-state index in [1.54, 1.807) is 0 Å². The van der Waals surface area contributed by atoms with Crippen LogP contribution in [0.1, 0.15) is 37.7 Å². The Kier molecular flexibility index (Phi) is 6.66. The number of hydrogen-bond donors (Lipinski definition) is 1. The summed E-state index contributed by atoms with van der Waals surface area (Å²) in [5.41, 5.74) is 2.48. The number of carbonyl (C=O) groups is 1. The third-order valence-electron chi connectivity index (χ3n) is 7.42. The number of likely N-dealkylation sites (tertiary alicyclic amines) is 2. The lowest BCUT2D eigenvalue weighted by atomic mass is 9.76. The van der Waals surface area contributed by atoms with E-state index in [2.05, 4.69) is 34.1 Å². The monoisotopic (exact) mass is 415 g/mol. The SMILES string of the molecule is CN(C)c1ccc(CC(=O)N2CCC3(CC2)CO[C@@H](CN2CCC[C@H]2CO)C3)cc1. The molecular weight excluding hydrogens is 378 g/mol. The topological polar surface area (TPSA) is 56.2 Å². The minimum absolute atomic E-state index is 0.237. The van der Waals surface area contributed by atoms with Gasteiger partial charge in [0.2, 0.25) is 5.91 Å². The maximum atomic E-state index is 12.8. The summed E-state index contributed by atoms with van der Waals surface area (Å²) in [6.07, 6.45) is 6.21. The maximum Gasteiger partial charge on any atom is 0.226 e. The second-order valence-corrected chi connectivity index (χ2v) is 9.73. The van der Waals surface area contributed by atoms with Crippen LogP contribution in [0.25, 0.3) is 0 Å². The van der Waals surface area contributed by atoms with Crippen molar-refractivity contribution in [3.8, 4) is 0 Å². The van der Waals surface area contributed by atoms with Gasteiger partial charge in [0, 0.05) is 45.5 Å². The second-order valence-electron chi connectivity index (χ2n) is 9.73. The molecule has 0 saturated carbocycles. The number of benzene rings is 1. The Labute approximate surface area is 180 Å². The number of anilines is 1. The van der Waals surface area contributed by atoms with E-state index in [-0.39, 0.29) is 24.0 Å². The predicted molar refractivity (Wildman–Crippen MR) is 119 cm³/mol. The van der Waals surface area contributed by atoms with Gasteiger partial charge in [-0.1, -0.05) is 12.1 Å². The standard InChI is InChI=1S/C24H37N3O3/c1-25(2)20-7-5-19(6-8-20)14-23(29)26-12-9-24(10-13-26)15-22(30-18-24)16-27-11-3-4-21(27)17-28/h5-8,21-22,28H,3-4,9-18H2,1-2H3/t21-,22+/m0/s1. The minimum atomic E-state index is 0.237. The first-order chi connectivity index (χ1) is 14.5. The van der Waals surface area contributed by atoms with Crippen LogP contribution in [0.15, 0.2) is 24.3 Å². The van der Waals surface area contributed by atoms with E-state index >= 15 is 0 Å². The largest absolute Gasteiger partial charge is 0.395 e. The molecule has 1 N–H and O–H groups in total. The lowest BCUT2D eigenvalue weighted by Crippen LogP contribution is -2.44. The number of aliphatic hydroxyl groups is 1. The van der Waals surface area contributed by atoms with E-state index in [0.29, 0.717) is 12.5 Å². The zero-order chi connectivity index (χ0) is 21.1. The quantitative estimate of drug-likeness (QED) is 0.772. The molecule has 2 atom stereocenters. The van der Waals surface area contributed by atoms with Crippen molar-refractivity contribution in [2.45, 2.75) is 50.7 Å². The third kappa shape index (κ3) is 4.82. The molecule has 166 valence electrons. The van der Waals surface area contributed by atoms with Gasteiger partial charge in [-0.15, -0.1) is 0 Å². The maximum absolute atomic E-state index is 12.8. The summed E-state index contributed by atoms with van der Waals surface area (Å²) in [5, 5.41) is 9.56. The number of ether oxygens (including phenoxy) is 1. The van der Waals surface area contributed by atoms with Gasteiger partial charge < -0.3 is 19.6 Å². The normalized spacial score (nSPS) is 26.4. The number of aliphatic hydroxyl groups excluding tert-OH is 1. The van der Waals surface area contributed by atoms with E-state index in [0.717, 1.165) is 69.7 Å². The highest BCUT2D eigenvalue weighted by molar-refractivity contribution is 5.79. The van der Waals surface area contributed by atoms with Crippen molar-refractivity contribution in [3.63, 3.8) is 0 Å². The molecule has 0 bridgehead atoms. The van der Waals surface area contributed by atoms with E-state index < -0.39 is 0 Å². The Balaban J connectivity index is 1.25. The molecule has 1 spiro atoms. The van der Waals surface area contributed by atoms with Gasteiger partial charge in [0.25, 0.3) is 0 Å². The molecule has 3 heterocycles. The first-order valence-corrected chi connectivity index (χ1v) is 11.5. The second kappa shape index (κ2) is 9.25. The van der Waals surface area contributed by atoms with Crippen molar-refractivity contribution in [2.75, 3.05) is 58.4 Å². The van der Waals surface area contributed by atoms with Gasteiger partial charge in [-0.2, -0.15) is 0 Å². The number of rotatable bonds is 6. The van der Waals surface area contributed by atoms with Gasteiger partial charge in [-0.3, -0.25) is 9.69 Å². The highest BCUT2D eigenvalue weighted by Crippen LogP contribution is 2.42. The highest BCUT2D eigenvalue weighted by atomic mass is 16.5. The molecule has 0 unspecified atom stereocenters. The average Bonchev–Trinajstić information content (AvgIpc) is 3.36. The van der Waals surface area contributed by atoms with Crippen LogP contribution in [0, 0.1) is 5.41 Å². The first-order valence-electron chi connectivity index (χ1n) is 11.5. The van der Waals surface area contributed by atoms with E-state index in [1.807, 2.05) is 19.0 Å². The number of nitrogens with zero attached hydrogens (tertiary/aromatic N) is 3. The fraction of sp³-hybridized carbons (Fsp3) is 0.708. The number of carbonyl (C=O) groups excluding carboxylic acids is 1. The van der Waals surface area contributed by atoms with Crippen LogP contribution in [-0.2, 0) is 16.0 Å². The Morgan fingerprint density at radius 1 is 1.20 bits per heavy atom. The van der Waals surface area contributed by atoms with Gasteiger partial charge in [-0.25, -0.2) is 0 Å². The molecule has 30 heavy (non-hydrogen) atoms. The molecule has 3 aliphatic rings. The molecule has 3 saturated heterocycles. The fourth-order valence-electron chi connectivity index (χ4n) is 5.39. The summed E-state index contributed by atoms with van der Waals surface area (Å²) in [5.74, 6) is 0.237. The highest BCUT2D eigenvalue weighted by Gasteiger charge is 2.44. The zero-order valence-corrected chi connectivity index (χ0v) is 18.6. The van der Waals surface area contributed by atoms with E-state index in [9.17, 15) is 9.90 Å². The number of piperidine rings is 1. The smallest absolute Gasteiger partial charge is 0.226 e. The van der Waals surface area contributed by atoms with Crippen molar-refractivity contribution in [1.29, 1.82) is 0 Å². The van der Waals surface area contributed by atoms with Crippen LogP contribution in [0.3, 0.4) is 0 Å². The van der Waals surface area contributed by atoms with Gasteiger partial charge in [0.05, 0.1) is 25.7 Å². The molecule has 1 aromatic rings. The molecule has 0 radical (unpaired) electrons. The molecule has 1 aromatic carbocycles. The van der Waals surface area contributed by atoms with Crippen molar-refractivity contribution < 1.29 is 14.6 Å². The Morgan fingerprint density at radius 3 is 2.60 bits per heavy atom. The predicted octanol–water partition coefficient (Wildman–Crippen LogP) is 2.15. The molecule has 0 aliphatic carbocycles. The van der Waals surface area contributed by atoms with Gasteiger partial charge in [0.1, 0.15) is 0 Å². The summed E-state index contributed by atoms with van der Waals surface area (Å²) in [7, 11) is 4.05. The van der Waals surface area contributed by atoms with Crippen LogP contribution in [-0.4, -0.2) is 86.4 Å². The van der Waals surface area contributed by atoms with Crippen LogP contribution >= 0.6 is 0 Å². The molecule has 3 fully saturated rings. The minimum Gasteiger partial charge on any atom is -0.395 e. The summed E-state index contributed by atoms with van der Waals surface area (Å²) >= 11 is 0. The van der Waals surface area contributed by atoms with Crippen LogP contribution in [0.4, 0.5) is 5.69 Å². The number of hydrogen-bond acceptors (Lipinski definition) is 5. The molecule has 3 aliphatic heterocycles. The molecule has 1 amide bonds. The fourth-order valence-corrected chi connectivity index (χ4v) is 5.39. The number of amides is 1. The summed E-state index contributed by atoms with van der Waals surface area (Å²) in [6.45, 7) is 4.78. The summed E-state index contributed by atoms with van der Waals surface area (Å²) in [4.78, 5) is 19.3. The first kappa shape index (κ1) is 21.6. The molecule has 6 nitrogen and oxygen atoms in total. The van der Waals surface area contributed by atoms with E-state index in [1.165, 1.54) is 6.42 Å². The van der Waals surface area contributed by atoms with Crippen LogP contribution in [0.2, 0.25) is 0 Å². The molecule has 0 aromatic heterocycles. The van der Waals surface area contributed by atoms with Crippen molar-refractivity contribution in [2.24, 2.45) is 5.41 Å². The zero-order valence-electron chi connectivity index (χ0n) is 18.6. The van der Waals surface area contributed by atoms with Gasteiger partial charge in [0.15, 0.2) is 0 Å². The molecular formula is C24H37N3O3. The Bertz CT molecular complexity index is 713. The van der Waals surface area contributed by atoms with Gasteiger partial charge >= 0.3 is 0 Å². The lowest BCUT2D eigenvalue weighted by molar-refractivity contribution is -0.132. The molecule has 6 heteroatoms. The summed E-state index contributed by atoms with van der Waals surface area (Å²) in [6, 6.07) is 8.59. The van der Waals surface area contributed by atoms with Crippen LogP contribution in [0.5, 0.6) is 0 Å². The van der Waals surface area contributed by atoms with Gasteiger partial charge in [-0.05, 0) is 61.8 Å². The lowest BCUT2D eigenvalue weighted by Gasteiger charge is -2.38. The third-order valence-corrected chi connectivity index (χ3v) is 7.42. The Hall–Kier alpha value is -1.63. The van der Waals surface area contributed by atoms with Crippen molar-refractivity contribution in [3.05, 3.63) is 29.8 Å². The van der Waals surface area contributed by atoms with Crippen molar-refractivity contribution >= 4 is 11.6 Å². The van der Waals surface area contributed by atoms with Crippen molar-refractivity contribution in [1.82, 2.24) is 9.80 Å². The van der Waals surface area contributed by atoms with Crippen LogP contribution < -0.4 is 4.90 Å². The Morgan fingerprint density at radius 2 is 1.93 bits per heavy atom. The average molecular weight is 416 g/mol. The summed E-state index contributed by atoms with van der Waals surface area (Å²) < 4.78 is 6.19. The molecule has 4 rings (SSSR count). The van der Waals surface area contributed by atoms with E-state index in [4.69, 9.17) is 4.74 Å².